The lowest BCUT2D eigenvalue weighted by molar-refractivity contribution is 0.449. The van der Waals surface area contributed by atoms with E-state index in [1.807, 2.05) is 0 Å². The maximum Gasteiger partial charge on any atom is 0.280 e. The minimum Gasteiger partial charge on any atom is -0.353 e. The van der Waals surface area contributed by atoms with Gasteiger partial charge in [-0.15, -0.1) is 0 Å². The molecule has 0 aliphatic rings. The fourth-order valence-corrected chi connectivity index (χ4v) is 3.00. The number of hydrogen-bond donors (Lipinski definition) is 0. The van der Waals surface area contributed by atoms with Crippen molar-refractivity contribution in [3.05, 3.63) is 80.7 Å². The van der Waals surface area contributed by atoms with Crippen LogP contribution in [0.1, 0.15) is 11.3 Å². The number of benzene rings is 2. The van der Waals surface area contributed by atoms with Crippen molar-refractivity contribution in [3.8, 4) is 11.3 Å². The maximum atomic E-state index is 13.7. The summed E-state index contributed by atoms with van der Waals surface area (Å²) in [4.78, 5) is 12.8. The van der Waals surface area contributed by atoms with Gasteiger partial charge in [0.1, 0.15) is 22.7 Å². The van der Waals surface area contributed by atoms with Crippen molar-refractivity contribution in [1.82, 2.24) is 14.9 Å². The molecule has 0 amide bonds. The van der Waals surface area contributed by atoms with Crippen LogP contribution in [0.4, 0.5) is 8.78 Å². The zero-order valence-corrected chi connectivity index (χ0v) is 14.8. The molecule has 0 radical (unpaired) electrons. The third-order valence-corrected chi connectivity index (χ3v) is 4.38. The predicted molar refractivity (Wildman–Crippen MR) is 96.7 cm³/mol. The van der Waals surface area contributed by atoms with Gasteiger partial charge < -0.3 is 4.52 Å². The van der Waals surface area contributed by atoms with Gasteiger partial charge in [0, 0.05) is 16.7 Å². The average Bonchev–Trinajstić information content (AvgIpc) is 3.00. The zero-order chi connectivity index (χ0) is 19.1. The molecule has 2 aromatic carbocycles. The third kappa shape index (κ3) is 3.21. The van der Waals surface area contributed by atoms with Crippen LogP contribution < -0.4 is 5.56 Å². The van der Waals surface area contributed by atoms with Crippen molar-refractivity contribution < 1.29 is 13.3 Å². The highest BCUT2D eigenvalue weighted by Crippen LogP contribution is 2.27. The Bertz CT molecular complexity index is 1200. The highest BCUT2D eigenvalue weighted by molar-refractivity contribution is 6.30. The fourth-order valence-electron chi connectivity index (χ4n) is 2.87. The summed E-state index contributed by atoms with van der Waals surface area (Å²) in [5.41, 5.74) is 1.14. The lowest BCUT2D eigenvalue weighted by Gasteiger charge is -2.09. The number of hydrogen-bond acceptors (Lipinski definition) is 4. The van der Waals surface area contributed by atoms with Crippen LogP contribution in [-0.2, 0) is 6.54 Å². The van der Waals surface area contributed by atoms with Crippen molar-refractivity contribution in [2.24, 2.45) is 0 Å². The van der Waals surface area contributed by atoms with Crippen LogP contribution in [0, 0.1) is 18.6 Å². The number of aromatic nitrogens is 3. The van der Waals surface area contributed by atoms with Crippen LogP contribution in [-0.4, -0.2) is 14.9 Å². The van der Waals surface area contributed by atoms with E-state index in [4.69, 9.17) is 16.1 Å². The first-order valence-electron chi connectivity index (χ1n) is 8.00. The average molecular weight is 388 g/mol. The molecule has 2 heterocycles. The molecule has 0 bridgehead atoms. The van der Waals surface area contributed by atoms with Crippen LogP contribution in [0.15, 0.2) is 51.8 Å². The molecule has 0 N–H and O–H groups in total. The molecular weight excluding hydrogens is 376 g/mol. The first kappa shape index (κ1) is 17.4. The van der Waals surface area contributed by atoms with Crippen LogP contribution in [0.25, 0.3) is 22.2 Å². The van der Waals surface area contributed by atoms with Gasteiger partial charge in [0.15, 0.2) is 0 Å². The molecule has 0 spiro atoms. The van der Waals surface area contributed by atoms with E-state index in [-0.39, 0.29) is 28.8 Å². The van der Waals surface area contributed by atoms with E-state index < -0.39 is 17.2 Å². The van der Waals surface area contributed by atoms with Crippen molar-refractivity contribution in [1.29, 1.82) is 0 Å². The summed E-state index contributed by atoms with van der Waals surface area (Å²) in [7, 11) is 0. The summed E-state index contributed by atoms with van der Waals surface area (Å²) in [5.74, 6) is -1.52. The summed E-state index contributed by atoms with van der Waals surface area (Å²) in [6.45, 7) is 1.77. The van der Waals surface area contributed by atoms with E-state index in [0.717, 1.165) is 23.8 Å². The highest BCUT2D eigenvalue weighted by atomic mass is 35.5. The smallest absolute Gasteiger partial charge is 0.280 e. The monoisotopic (exact) mass is 387 g/mol. The van der Waals surface area contributed by atoms with Gasteiger partial charge in [0.05, 0.1) is 12.2 Å². The Kier molecular flexibility index (Phi) is 4.24. The van der Waals surface area contributed by atoms with Crippen LogP contribution in [0.2, 0.25) is 5.02 Å². The molecular formula is C19H12ClF2N3O2. The number of halogens is 3. The number of aryl methyl sites for hydroxylation is 1. The molecule has 0 atom stereocenters. The van der Waals surface area contributed by atoms with E-state index in [0.29, 0.717) is 10.7 Å². The van der Waals surface area contributed by atoms with E-state index in [9.17, 15) is 13.6 Å². The number of rotatable bonds is 3. The van der Waals surface area contributed by atoms with E-state index in [2.05, 4.69) is 10.3 Å². The minimum absolute atomic E-state index is 0.0925. The Morgan fingerprint density at radius 3 is 2.44 bits per heavy atom. The molecule has 4 aromatic rings. The van der Waals surface area contributed by atoms with Crippen LogP contribution in [0.3, 0.4) is 0 Å². The van der Waals surface area contributed by atoms with Gasteiger partial charge in [0.25, 0.3) is 5.56 Å². The standard InChI is InChI=1S/C19H12ClF2N3O2/c1-10-16-18(27-24-10)17(12-6-14(21)8-15(22)7-12)23-25(19(16)26)9-11-2-4-13(20)5-3-11/h2-8H,9H2,1H3. The first-order chi connectivity index (χ1) is 12.9. The second-order valence-corrected chi connectivity index (χ2v) is 6.50. The largest absolute Gasteiger partial charge is 0.353 e. The Balaban J connectivity index is 1.94. The van der Waals surface area contributed by atoms with Gasteiger partial charge in [0.2, 0.25) is 5.58 Å². The van der Waals surface area contributed by atoms with Gasteiger partial charge in [-0.1, -0.05) is 28.9 Å². The summed E-state index contributed by atoms with van der Waals surface area (Å²) in [6, 6.07) is 9.95. The molecule has 0 saturated carbocycles. The van der Waals surface area contributed by atoms with Gasteiger partial charge in [-0.2, -0.15) is 5.10 Å². The lowest BCUT2D eigenvalue weighted by atomic mass is 10.1. The van der Waals surface area contributed by atoms with E-state index in [1.165, 1.54) is 4.68 Å². The summed E-state index contributed by atoms with van der Waals surface area (Å²) >= 11 is 5.89. The molecule has 27 heavy (non-hydrogen) atoms. The normalized spacial score (nSPS) is 11.3. The molecule has 5 nitrogen and oxygen atoms in total. The second-order valence-electron chi connectivity index (χ2n) is 6.07. The molecule has 0 saturated heterocycles. The molecule has 0 fully saturated rings. The van der Waals surface area contributed by atoms with Crippen molar-refractivity contribution in [2.45, 2.75) is 13.5 Å². The second kappa shape index (κ2) is 6.59. The Morgan fingerprint density at radius 2 is 1.78 bits per heavy atom. The maximum absolute atomic E-state index is 13.7. The molecule has 0 unspecified atom stereocenters. The summed E-state index contributed by atoms with van der Waals surface area (Å²) < 4.78 is 33.8. The topological polar surface area (TPSA) is 60.9 Å². The van der Waals surface area contributed by atoms with Crippen LogP contribution in [0.5, 0.6) is 0 Å². The van der Waals surface area contributed by atoms with Crippen LogP contribution >= 0.6 is 11.6 Å². The summed E-state index contributed by atoms with van der Waals surface area (Å²) in [6.07, 6.45) is 0. The number of nitrogens with zero attached hydrogens (tertiary/aromatic N) is 3. The van der Waals surface area contributed by atoms with E-state index in [1.54, 1.807) is 31.2 Å². The quantitative estimate of drug-likeness (QED) is 0.524. The number of fused-ring (bicyclic) bond motifs is 1. The Hall–Kier alpha value is -3.06. The Morgan fingerprint density at radius 1 is 1.11 bits per heavy atom. The Labute approximate surface area is 156 Å². The molecule has 4 rings (SSSR count). The third-order valence-electron chi connectivity index (χ3n) is 4.13. The molecule has 8 heteroatoms. The molecule has 0 aliphatic heterocycles. The SMILES string of the molecule is Cc1noc2c(-c3cc(F)cc(F)c3)nn(Cc3ccc(Cl)cc3)c(=O)c12. The lowest BCUT2D eigenvalue weighted by Crippen LogP contribution is -2.24. The van der Waals surface area contributed by atoms with Gasteiger partial charge >= 0.3 is 0 Å². The van der Waals surface area contributed by atoms with E-state index >= 15 is 0 Å². The summed E-state index contributed by atoms with van der Waals surface area (Å²) in [5, 5.41) is 8.89. The van der Waals surface area contributed by atoms with Crippen molar-refractivity contribution in [2.75, 3.05) is 0 Å². The first-order valence-corrected chi connectivity index (χ1v) is 8.38. The highest BCUT2D eigenvalue weighted by Gasteiger charge is 2.20. The zero-order valence-electron chi connectivity index (χ0n) is 14.0. The van der Waals surface area contributed by atoms with Gasteiger partial charge in [-0.05, 0) is 36.8 Å². The minimum atomic E-state index is -0.758. The van der Waals surface area contributed by atoms with Crippen molar-refractivity contribution in [3.63, 3.8) is 0 Å². The molecule has 2 aromatic heterocycles. The van der Waals surface area contributed by atoms with Gasteiger partial charge in [-0.25, -0.2) is 13.5 Å². The molecule has 0 aliphatic carbocycles. The van der Waals surface area contributed by atoms with Gasteiger partial charge in [-0.3, -0.25) is 4.79 Å². The predicted octanol–water partition coefficient (Wildman–Crippen LogP) is 4.34. The fraction of sp³-hybridized carbons (Fsp3) is 0.105. The molecule has 136 valence electrons. The van der Waals surface area contributed by atoms with Crippen molar-refractivity contribution >= 4 is 22.6 Å².